The Morgan fingerprint density at radius 2 is 2.00 bits per heavy atom. The predicted octanol–water partition coefficient (Wildman–Crippen LogP) is 3.05. The Kier molecular flexibility index (Phi) is 3.98. The molecule has 1 aliphatic rings. The first kappa shape index (κ1) is 15.2. The molecule has 1 aliphatic carbocycles. The van der Waals surface area contributed by atoms with Gasteiger partial charge in [-0.15, -0.1) is 0 Å². The van der Waals surface area contributed by atoms with E-state index in [0.29, 0.717) is 18.3 Å². The largest absolute Gasteiger partial charge is 0.394 e. The van der Waals surface area contributed by atoms with Gasteiger partial charge in [-0.2, -0.15) is 5.10 Å². The summed E-state index contributed by atoms with van der Waals surface area (Å²) in [6.07, 6.45) is 6.04. The van der Waals surface area contributed by atoms with E-state index in [2.05, 4.69) is 4.98 Å². The Bertz CT molecular complexity index is 811. The lowest BCUT2D eigenvalue weighted by atomic mass is 9.85. The molecule has 6 nitrogen and oxygen atoms in total. The number of para-hydroxylation sites is 2. The normalized spacial score (nSPS) is 16.0. The van der Waals surface area contributed by atoms with Crippen LogP contribution < -0.4 is 5.73 Å². The summed E-state index contributed by atoms with van der Waals surface area (Å²) in [7, 11) is 0. The number of imidazole rings is 1. The highest BCUT2D eigenvalue weighted by Gasteiger charge is 2.27. The van der Waals surface area contributed by atoms with Crippen LogP contribution >= 0.6 is 0 Å². The van der Waals surface area contributed by atoms with Crippen molar-refractivity contribution in [3.63, 3.8) is 0 Å². The monoisotopic (exact) mass is 325 g/mol. The van der Waals surface area contributed by atoms with Gasteiger partial charge < -0.3 is 15.8 Å². The molecule has 1 saturated carbocycles. The first-order valence-electron chi connectivity index (χ1n) is 8.70. The lowest BCUT2D eigenvalue weighted by molar-refractivity contribution is 0.269. The van der Waals surface area contributed by atoms with E-state index >= 15 is 0 Å². The maximum atomic E-state index is 9.30. The van der Waals surface area contributed by atoms with E-state index in [1.54, 1.807) is 4.68 Å². The van der Waals surface area contributed by atoms with Gasteiger partial charge in [0.2, 0.25) is 0 Å². The second-order valence-corrected chi connectivity index (χ2v) is 6.53. The molecule has 0 spiro atoms. The molecule has 3 aromatic rings. The zero-order valence-electron chi connectivity index (χ0n) is 13.7. The Morgan fingerprint density at radius 1 is 1.21 bits per heavy atom. The number of aromatic amines is 1. The molecule has 0 saturated heterocycles. The summed E-state index contributed by atoms with van der Waals surface area (Å²) in [5.74, 6) is 1.78. The molecule has 6 heteroatoms. The number of H-pyrrole nitrogens is 1. The second kappa shape index (κ2) is 6.28. The van der Waals surface area contributed by atoms with Gasteiger partial charge in [0.1, 0.15) is 11.6 Å². The summed E-state index contributed by atoms with van der Waals surface area (Å²) >= 11 is 0. The number of benzene rings is 1. The molecular formula is C18H23N5O. The van der Waals surface area contributed by atoms with Gasteiger partial charge >= 0.3 is 0 Å². The minimum Gasteiger partial charge on any atom is -0.394 e. The molecule has 2 heterocycles. The number of nitrogen functional groups attached to an aromatic ring is 1. The molecule has 2 aromatic heterocycles. The Balaban J connectivity index is 1.85. The lowest BCUT2D eigenvalue weighted by Gasteiger charge is -2.20. The number of aromatic nitrogens is 4. The fraction of sp³-hybridized carbons (Fsp3) is 0.444. The predicted molar refractivity (Wildman–Crippen MR) is 94.6 cm³/mol. The SMILES string of the molecule is Nc1c(-c2nc3ccccc3[nH]2)c(C2CCCCC2)nn1CCO. The average Bonchev–Trinajstić information content (AvgIpc) is 3.17. The average molecular weight is 325 g/mol. The fourth-order valence-electron chi connectivity index (χ4n) is 3.73. The van der Waals surface area contributed by atoms with Crippen molar-refractivity contribution < 1.29 is 5.11 Å². The van der Waals surface area contributed by atoms with Gasteiger partial charge in [-0.3, -0.25) is 0 Å². The van der Waals surface area contributed by atoms with Crippen LogP contribution in [0.2, 0.25) is 0 Å². The van der Waals surface area contributed by atoms with Crippen molar-refractivity contribution in [1.29, 1.82) is 0 Å². The van der Waals surface area contributed by atoms with E-state index in [1.165, 1.54) is 19.3 Å². The van der Waals surface area contributed by atoms with Crippen LogP contribution in [0.3, 0.4) is 0 Å². The molecule has 1 aromatic carbocycles. The van der Waals surface area contributed by atoms with Crippen molar-refractivity contribution in [1.82, 2.24) is 19.7 Å². The van der Waals surface area contributed by atoms with Crippen molar-refractivity contribution in [2.45, 2.75) is 44.6 Å². The summed E-state index contributed by atoms with van der Waals surface area (Å²) in [6, 6.07) is 7.98. The van der Waals surface area contributed by atoms with Gasteiger partial charge in [0.25, 0.3) is 0 Å². The van der Waals surface area contributed by atoms with Gasteiger partial charge in [-0.05, 0) is 25.0 Å². The molecule has 0 aliphatic heterocycles. The summed E-state index contributed by atoms with van der Waals surface area (Å²) in [5.41, 5.74) is 10.2. The maximum Gasteiger partial charge on any atom is 0.144 e. The number of anilines is 1. The third-order valence-corrected chi connectivity index (χ3v) is 4.95. The molecule has 0 bridgehead atoms. The van der Waals surface area contributed by atoms with E-state index in [0.717, 1.165) is 41.0 Å². The van der Waals surface area contributed by atoms with Gasteiger partial charge in [-0.1, -0.05) is 31.4 Å². The second-order valence-electron chi connectivity index (χ2n) is 6.53. The van der Waals surface area contributed by atoms with Crippen molar-refractivity contribution in [3.05, 3.63) is 30.0 Å². The maximum absolute atomic E-state index is 9.30. The molecule has 126 valence electrons. The van der Waals surface area contributed by atoms with Crippen LogP contribution in [-0.2, 0) is 6.54 Å². The van der Waals surface area contributed by atoms with Crippen LogP contribution in [0.1, 0.15) is 43.7 Å². The lowest BCUT2D eigenvalue weighted by Crippen LogP contribution is -2.09. The number of nitrogens with zero attached hydrogens (tertiary/aromatic N) is 3. The van der Waals surface area contributed by atoms with Gasteiger partial charge in [0.05, 0.1) is 35.4 Å². The standard InChI is InChI=1S/C18H23N5O/c19-17-15(18-20-13-8-4-5-9-14(13)21-18)16(22-23(17)10-11-24)12-6-2-1-3-7-12/h4-5,8-9,12,24H,1-3,6-7,10-11,19H2,(H,20,21). The molecule has 4 N–H and O–H groups in total. The van der Waals surface area contributed by atoms with Crippen molar-refractivity contribution in [3.8, 4) is 11.4 Å². The van der Waals surface area contributed by atoms with Crippen LogP contribution in [0.4, 0.5) is 5.82 Å². The van der Waals surface area contributed by atoms with Crippen LogP contribution in [0.5, 0.6) is 0 Å². The van der Waals surface area contributed by atoms with Crippen LogP contribution in [0.15, 0.2) is 24.3 Å². The number of nitrogens with two attached hydrogens (primary N) is 1. The highest BCUT2D eigenvalue weighted by Crippen LogP contribution is 2.39. The van der Waals surface area contributed by atoms with Crippen LogP contribution in [-0.4, -0.2) is 31.5 Å². The quantitative estimate of drug-likeness (QED) is 0.687. The Morgan fingerprint density at radius 3 is 2.75 bits per heavy atom. The zero-order valence-corrected chi connectivity index (χ0v) is 13.7. The molecular weight excluding hydrogens is 302 g/mol. The molecule has 0 amide bonds. The van der Waals surface area contributed by atoms with Gasteiger partial charge in [-0.25, -0.2) is 9.67 Å². The molecule has 24 heavy (non-hydrogen) atoms. The van der Waals surface area contributed by atoms with E-state index in [1.807, 2.05) is 24.3 Å². The number of hydrogen-bond acceptors (Lipinski definition) is 4. The zero-order chi connectivity index (χ0) is 16.5. The molecule has 0 atom stereocenters. The minimum atomic E-state index is 0.0234. The molecule has 0 radical (unpaired) electrons. The number of aliphatic hydroxyl groups is 1. The molecule has 0 unspecified atom stereocenters. The van der Waals surface area contributed by atoms with Crippen LogP contribution in [0, 0.1) is 0 Å². The fourth-order valence-corrected chi connectivity index (χ4v) is 3.73. The van der Waals surface area contributed by atoms with E-state index < -0.39 is 0 Å². The van der Waals surface area contributed by atoms with Gasteiger partial charge in [0, 0.05) is 5.92 Å². The number of rotatable bonds is 4. The Hall–Kier alpha value is -2.34. The number of nitrogens with one attached hydrogen (secondary N) is 1. The minimum absolute atomic E-state index is 0.0234. The third kappa shape index (κ3) is 2.57. The highest BCUT2D eigenvalue weighted by molar-refractivity contribution is 5.82. The third-order valence-electron chi connectivity index (χ3n) is 4.95. The highest BCUT2D eigenvalue weighted by atomic mass is 16.3. The van der Waals surface area contributed by atoms with Crippen LogP contribution in [0.25, 0.3) is 22.4 Å². The number of fused-ring (bicyclic) bond motifs is 1. The van der Waals surface area contributed by atoms with Crippen molar-refractivity contribution in [2.24, 2.45) is 0 Å². The van der Waals surface area contributed by atoms with Crippen molar-refractivity contribution in [2.75, 3.05) is 12.3 Å². The summed E-state index contributed by atoms with van der Waals surface area (Å²) < 4.78 is 1.71. The van der Waals surface area contributed by atoms with E-state index in [-0.39, 0.29) is 6.61 Å². The van der Waals surface area contributed by atoms with E-state index in [4.69, 9.17) is 15.8 Å². The van der Waals surface area contributed by atoms with Crippen molar-refractivity contribution >= 4 is 16.9 Å². The molecule has 1 fully saturated rings. The summed E-state index contributed by atoms with van der Waals surface area (Å²) in [6.45, 7) is 0.432. The first-order chi connectivity index (χ1) is 11.8. The van der Waals surface area contributed by atoms with E-state index in [9.17, 15) is 5.11 Å². The number of hydrogen-bond donors (Lipinski definition) is 3. The topological polar surface area (TPSA) is 92.8 Å². The molecule has 4 rings (SSSR count). The smallest absolute Gasteiger partial charge is 0.144 e. The summed E-state index contributed by atoms with van der Waals surface area (Å²) in [5, 5.41) is 14.0. The first-order valence-corrected chi connectivity index (χ1v) is 8.70. The summed E-state index contributed by atoms with van der Waals surface area (Å²) in [4.78, 5) is 8.10. The number of aliphatic hydroxyl groups excluding tert-OH is 1. The Labute approximate surface area is 140 Å². The van der Waals surface area contributed by atoms with Gasteiger partial charge in [0.15, 0.2) is 0 Å².